The van der Waals surface area contributed by atoms with Crippen LogP contribution in [0.2, 0.25) is 0 Å². The molecule has 0 aliphatic heterocycles. The Morgan fingerprint density at radius 3 is 2.38 bits per heavy atom. The van der Waals surface area contributed by atoms with Crippen LogP contribution in [0.15, 0.2) is 18.3 Å². The number of nitrogens with zero attached hydrogens (tertiary/aromatic N) is 3. The predicted molar refractivity (Wildman–Crippen MR) is 102 cm³/mol. The molecule has 0 saturated carbocycles. The minimum absolute atomic E-state index is 0.0364. The molecule has 0 unspecified atom stereocenters. The lowest BCUT2D eigenvalue weighted by Crippen LogP contribution is -2.45. The molecule has 0 bridgehead atoms. The van der Waals surface area contributed by atoms with Crippen LogP contribution in [0, 0.1) is 0 Å². The van der Waals surface area contributed by atoms with Gasteiger partial charge in [-0.05, 0) is 46.8 Å². The fourth-order valence-corrected chi connectivity index (χ4v) is 2.93. The minimum atomic E-state index is -0.984. The van der Waals surface area contributed by atoms with Gasteiger partial charge in [0.1, 0.15) is 0 Å². The van der Waals surface area contributed by atoms with E-state index in [0.29, 0.717) is 37.4 Å². The first-order valence-electron chi connectivity index (χ1n) is 9.18. The second kappa shape index (κ2) is 10.9. The van der Waals surface area contributed by atoms with E-state index in [1.165, 1.54) is 18.3 Å². The topological polar surface area (TPSA) is 85.8 Å². The van der Waals surface area contributed by atoms with Gasteiger partial charge in [-0.1, -0.05) is 0 Å². The minimum Gasteiger partial charge on any atom is -0.478 e. The van der Waals surface area contributed by atoms with Crippen LogP contribution in [0.25, 0.3) is 0 Å². The molecule has 1 rings (SSSR count). The number of rotatable bonds is 11. The molecule has 0 aliphatic rings. The quantitative estimate of drug-likeness (QED) is 0.623. The SMILES string of the molecule is CCN(CCN(C(C)C)C(C)C)C(=O)CNCc1cc(C(=O)O)ccn1. The summed E-state index contributed by atoms with van der Waals surface area (Å²) in [6.45, 7) is 13.4. The number of aromatic nitrogens is 1. The van der Waals surface area contributed by atoms with E-state index in [1.807, 2.05) is 11.8 Å². The highest BCUT2D eigenvalue weighted by atomic mass is 16.4. The Kier molecular flexibility index (Phi) is 9.23. The lowest BCUT2D eigenvalue weighted by Gasteiger charge is -2.33. The Bertz CT molecular complexity index is 582. The third-order valence-corrected chi connectivity index (χ3v) is 4.33. The van der Waals surface area contributed by atoms with E-state index in [2.05, 4.69) is 42.9 Å². The number of carbonyl (C=O) groups excluding carboxylic acids is 1. The predicted octanol–water partition coefficient (Wildman–Crippen LogP) is 1.84. The van der Waals surface area contributed by atoms with Gasteiger partial charge in [-0.25, -0.2) is 4.79 Å². The van der Waals surface area contributed by atoms with Crippen molar-refractivity contribution in [1.82, 2.24) is 20.1 Å². The molecule has 0 radical (unpaired) electrons. The van der Waals surface area contributed by atoms with Crippen molar-refractivity contribution in [3.63, 3.8) is 0 Å². The number of carboxylic acids is 1. The first kappa shape index (κ1) is 22.1. The van der Waals surface area contributed by atoms with Crippen molar-refractivity contribution < 1.29 is 14.7 Å². The van der Waals surface area contributed by atoms with E-state index in [4.69, 9.17) is 5.11 Å². The summed E-state index contributed by atoms with van der Waals surface area (Å²) in [5, 5.41) is 12.1. The first-order valence-corrected chi connectivity index (χ1v) is 9.18. The lowest BCUT2D eigenvalue weighted by molar-refractivity contribution is -0.130. The Morgan fingerprint density at radius 2 is 1.85 bits per heavy atom. The van der Waals surface area contributed by atoms with E-state index < -0.39 is 5.97 Å². The molecule has 0 saturated heterocycles. The van der Waals surface area contributed by atoms with Crippen LogP contribution in [0.1, 0.15) is 50.7 Å². The average molecular weight is 364 g/mol. The molecule has 1 amide bonds. The third kappa shape index (κ3) is 7.09. The zero-order valence-corrected chi connectivity index (χ0v) is 16.5. The van der Waals surface area contributed by atoms with Crippen molar-refractivity contribution in [2.24, 2.45) is 0 Å². The van der Waals surface area contributed by atoms with Gasteiger partial charge in [-0.2, -0.15) is 0 Å². The van der Waals surface area contributed by atoms with Gasteiger partial charge in [0, 0.05) is 44.5 Å². The number of nitrogens with one attached hydrogen (secondary N) is 1. The summed E-state index contributed by atoms with van der Waals surface area (Å²) in [4.78, 5) is 31.7. The molecule has 146 valence electrons. The summed E-state index contributed by atoms with van der Waals surface area (Å²) in [6, 6.07) is 3.84. The maximum Gasteiger partial charge on any atom is 0.335 e. The van der Waals surface area contributed by atoms with E-state index >= 15 is 0 Å². The second-order valence-electron chi connectivity index (χ2n) is 6.84. The molecular weight excluding hydrogens is 332 g/mol. The number of carbonyl (C=O) groups is 2. The highest BCUT2D eigenvalue weighted by Crippen LogP contribution is 2.05. The lowest BCUT2D eigenvalue weighted by atomic mass is 10.2. The third-order valence-electron chi connectivity index (χ3n) is 4.33. The average Bonchev–Trinajstić information content (AvgIpc) is 2.58. The highest BCUT2D eigenvalue weighted by molar-refractivity contribution is 5.87. The van der Waals surface area contributed by atoms with Crippen molar-refractivity contribution in [1.29, 1.82) is 0 Å². The van der Waals surface area contributed by atoms with Crippen LogP contribution in [0.5, 0.6) is 0 Å². The number of aromatic carboxylic acids is 1. The Balaban J connectivity index is 2.49. The van der Waals surface area contributed by atoms with Gasteiger partial charge in [0.25, 0.3) is 0 Å². The molecule has 0 aromatic carbocycles. The van der Waals surface area contributed by atoms with E-state index in [-0.39, 0.29) is 18.0 Å². The number of hydrogen-bond acceptors (Lipinski definition) is 5. The molecule has 1 aromatic rings. The van der Waals surface area contributed by atoms with Crippen LogP contribution in [-0.4, -0.2) is 70.0 Å². The smallest absolute Gasteiger partial charge is 0.335 e. The van der Waals surface area contributed by atoms with Crippen LogP contribution in [-0.2, 0) is 11.3 Å². The van der Waals surface area contributed by atoms with Crippen LogP contribution < -0.4 is 5.32 Å². The fourth-order valence-electron chi connectivity index (χ4n) is 2.93. The summed E-state index contributed by atoms with van der Waals surface area (Å²) in [7, 11) is 0. The van der Waals surface area contributed by atoms with Gasteiger partial charge in [0.2, 0.25) is 5.91 Å². The zero-order valence-electron chi connectivity index (χ0n) is 16.5. The van der Waals surface area contributed by atoms with E-state index in [9.17, 15) is 9.59 Å². The molecule has 26 heavy (non-hydrogen) atoms. The Hall–Kier alpha value is -1.99. The summed E-state index contributed by atoms with van der Waals surface area (Å²) in [5.74, 6) is -0.948. The zero-order chi connectivity index (χ0) is 19.7. The number of hydrogen-bond donors (Lipinski definition) is 2. The van der Waals surface area contributed by atoms with Gasteiger partial charge >= 0.3 is 5.97 Å². The van der Waals surface area contributed by atoms with Crippen LogP contribution >= 0.6 is 0 Å². The molecule has 0 atom stereocenters. The Morgan fingerprint density at radius 1 is 1.19 bits per heavy atom. The number of carboxylic acid groups (broad SMARTS) is 1. The number of likely N-dealkylation sites (N-methyl/N-ethyl adjacent to an activating group) is 1. The van der Waals surface area contributed by atoms with Crippen LogP contribution in [0.4, 0.5) is 0 Å². The van der Waals surface area contributed by atoms with Gasteiger partial charge in [-0.15, -0.1) is 0 Å². The van der Waals surface area contributed by atoms with Gasteiger partial charge in [0.05, 0.1) is 17.8 Å². The van der Waals surface area contributed by atoms with Crippen LogP contribution in [0.3, 0.4) is 0 Å². The van der Waals surface area contributed by atoms with Crippen molar-refractivity contribution in [2.75, 3.05) is 26.2 Å². The molecule has 0 spiro atoms. The molecule has 1 aromatic heterocycles. The number of amides is 1. The Labute approximate surface area is 156 Å². The van der Waals surface area contributed by atoms with Crippen molar-refractivity contribution in [3.8, 4) is 0 Å². The van der Waals surface area contributed by atoms with Crippen molar-refractivity contribution in [3.05, 3.63) is 29.6 Å². The molecule has 0 fully saturated rings. The first-order chi connectivity index (χ1) is 12.3. The van der Waals surface area contributed by atoms with Gasteiger partial charge in [0.15, 0.2) is 0 Å². The molecular formula is C19H32N4O3. The van der Waals surface area contributed by atoms with Crippen molar-refractivity contribution >= 4 is 11.9 Å². The fraction of sp³-hybridized carbons (Fsp3) is 0.632. The maximum absolute atomic E-state index is 12.4. The monoisotopic (exact) mass is 364 g/mol. The molecule has 1 heterocycles. The summed E-state index contributed by atoms with van der Waals surface area (Å²) in [5.41, 5.74) is 0.798. The van der Waals surface area contributed by atoms with Crippen molar-refractivity contribution in [2.45, 2.75) is 53.2 Å². The van der Waals surface area contributed by atoms with Gasteiger partial charge in [-0.3, -0.25) is 14.7 Å². The van der Waals surface area contributed by atoms with E-state index in [0.717, 1.165) is 6.54 Å². The molecule has 7 nitrogen and oxygen atoms in total. The highest BCUT2D eigenvalue weighted by Gasteiger charge is 2.17. The summed E-state index contributed by atoms with van der Waals surface area (Å²) < 4.78 is 0. The molecule has 7 heteroatoms. The summed E-state index contributed by atoms with van der Waals surface area (Å²) >= 11 is 0. The van der Waals surface area contributed by atoms with Gasteiger partial charge < -0.3 is 15.3 Å². The standard InChI is InChI=1S/C19H32N4O3/c1-6-22(9-10-23(14(2)3)15(4)5)18(24)13-20-12-17-11-16(19(25)26)7-8-21-17/h7-8,11,14-15,20H,6,9-10,12-13H2,1-5H3,(H,25,26). The second-order valence-corrected chi connectivity index (χ2v) is 6.84. The largest absolute Gasteiger partial charge is 0.478 e. The summed E-state index contributed by atoms with van der Waals surface area (Å²) in [6.07, 6.45) is 1.47. The van der Waals surface area contributed by atoms with E-state index in [1.54, 1.807) is 0 Å². The normalized spacial score (nSPS) is 11.4. The maximum atomic E-state index is 12.4. The molecule has 0 aliphatic carbocycles. The molecule has 2 N–H and O–H groups in total. The number of pyridine rings is 1.